The topological polar surface area (TPSA) is 59.8 Å². The number of carbonyl (C=O) groups excluding carboxylic acids is 1. The Morgan fingerprint density at radius 2 is 1.86 bits per heavy atom. The zero-order valence-electron chi connectivity index (χ0n) is 17.0. The van der Waals surface area contributed by atoms with E-state index in [0.29, 0.717) is 11.5 Å². The molecule has 0 saturated heterocycles. The minimum absolute atomic E-state index is 0.0432. The number of amides is 1. The van der Waals surface area contributed by atoms with Crippen LogP contribution in [0.1, 0.15) is 80.2 Å². The summed E-state index contributed by atoms with van der Waals surface area (Å²) in [6, 6.07) is 12.5. The van der Waals surface area contributed by atoms with Crippen molar-refractivity contribution in [1.82, 2.24) is 20.1 Å². The number of benzene rings is 1. The standard InChI is InChI=1S/C23H28N4O/c1-14(2)20-12-18(19-13-24-27(15(3)4)22(19)25-20)23(28)26-21(17-10-11-17)16-8-6-5-7-9-16/h5-9,12-15,17,21H,10-11H2,1-4H3,(H,26,28). The molecule has 3 aromatic rings. The van der Waals surface area contributed by atoms with Crippen molar-refractivity contribution in [3.63, 3.8) is 0 Å². The second-order valence-electron chi connectivity index (χ2n) is 8.37. The van der Waals surface area contributed by atoms with Crippen molar-refractivity contribution in [1.29, 1.82) is 0 Å². The van der Waals surface area contributed by atoms with Crippen molar-refractivity contribution in [2.75, 3.05) is 0 Å². The molecule has 5 nitrogen and oxygen atoms in total. The van der Waals surface area contributed by atoms with Gasteiger partial charge in [-0.2, -0.15) is 5.10 Å². The number of carbonyl (C=O) groups is 1. The number of fused-ring (bicyclic) bond motifs is 1. The van der Waals surface area contributed by atoms with Crippen molar-refractivity contribution < 1.29 is 4.79 Å². The quantitative estimate of drug-likeness (QED) is 0.657. The van der Waals surface area contributed by atoms with Crippen LogP contribution in [0.5, 0.6) is 0 Å². The number of rotatable bonds is 6. The van der Waals surface area contributed by atoms with Crippen LogP contribution < -0.4 is 5.32 Å². The first-order chi connectivity index (χ1) is 13.5. The maximum absolute atomic E-state index is 13.4. The molecule has 2 aromatic heterocycles. The summed E-state index contributed by atoms with van der Waals surface area (Å²) in [5.41, 5.74) is 3.55. The number of hydrogen-bond acceptors (Lipinski definition) is 3. The summed E-state index contributed by atoms with van der Waals surface area (Å²) in [5.74, 6) is 0.713. The summed E-state index contributed by atoms with van der Waals surface area (Å²) in [5, 5.41) is 8.62. The van der Waals surface area contributed by atoms with Crippen LogP contribution in [-0.4, -0.2) is 20.7 Å². The third-order valence-corrected chi connectivity index (χ3v) is 5.45. The molecule has 1 atom stereocenters. The van der Waals surface area contributed by atoms with E-state index in [-0.39, 0.29) is 23.9 Å². The van der Waals surface area contributed by atoms with Crippen LogP contribution in [0.15, 0.2) is 42.6 Å². The van der Waals surface area contributed by atoms with Crippen LogP contribution in [0.4, 0.5) is 0 Å². The van der Waals surface area contributed by atoms with E-state index in [1.165, 1.54) is 5.56 Å². The Labute approximate surface area is 166 Å². The van der Waals surface area contributed by atoms with Crippen molar-refractivity contribution in [3.8, 4) is 0 Å². The second kappa shape index (κ2) is 7.38. The van der Waals surface area contributed by atoms with Gasteiger partial charge in [-0.3, -0.25) is 4.79 Å². The van der Waals surface area contributed by atoms with E-state index in [9.17, 15) is 4.79 Å². The molecule has 1 unspecified atom stereocenters. The van der Waals surface area contributed by atoms with Crippen molar-refractivity contribution in [2.45, 2.75) is 58.5 Å². The van der Waals surface area contributed by atoms with Gasteiger partial charge in [0.1, 0.15) is 0 Å². The average molecular weight is 377 g/mol. The van der Waals surface area contributed by atoms with Gasteiger partial charge in [0.2, 0.25) is 0 Å². The minimum atomic E-state index is -0.0432. The molecule has 28 heavy (non-hydrogen) atoms. The van der Waals surface area contributed by atoms with Gasteiger partial charge in [0, 0.05) is 11.7 Å². The summed E-state index contributed by atoms with van der Waals surface area (Å²) in [6.45, 7) is 8.36. The van der Waals surface area contributed by atoms with Crippen LogP contribution in [0.3, 0.4) is 0 Å². The molecule has 4 rings (SSSR count). The monoisotopic (exact) mass is 376 g/mol. The summed E-state index contributed by atoms with van der Waals surface area (Å²) >= 11 is 0. The lowest BCUT2D eigenvalue weighted by Crippen LogP contribution is -2.30. The lowest BCUT2D eigenvalue weighted by atomic mass is 10.0. The van der Waals surface area contributed by atoms with Gasteiger partial charge < -0.3 is 5.32 Å². The third-order valence-electron chi connectivity index (χ3n) is 5.45. The first-order valence-corrected chi connectivity index (χ1v) is 10.2. The molecule has 1 N–H and O–H groups in total. The molecule has 1 fully saturated rings. The molecule has 2 heterocycles. The van der Waals surface area contributed by atoms with E-state index < -0.39 is 0 Å². The molecule has 0 bridgehead atoms. The first kappa shape index (κ1) is 18.7. The fourth-order valence-corrected chi connectivity index (χ4v) is 3.68. The van der Waals surface area contributed by atoms with Crippen LogP contribution in [-0.2, 0) is 0 Å². The van der Waals surface area contributed by atoms with E-state index in [2.05, 4.69) is 50.2 Å². The molecular weight excluding hydrogens is 348 g/mol. The van der Waals surface area contributed by atoms with Crippen molar-refractivity contribution >= 4 is 16.9 Å². The Bertz CT molecular complexity index is 987. The van der Waals surface area contributed by atoms with E-state index in [1.807, 2.05) is 28.9 Å². The largest absolute Gasteiger partial charge is 0.345 e. The van der Waals surface area contributed by atoms with Crippen LogP contribution in [0.2, 0.25) is 0 Å². The fraction of sp³-hybridized carbons (Fsp3) is 0.435. The molecule has 1 amide bonds. The van der Waals surface area contributed by atoms with Crippen molar-refractivity contribution in [3.05, 3.63) is 59.4 Å². The highest BCUT2D eigenvalue weighted by molar-refractivity contribution is 6.05. The highest BCUT2D eigenvalue weighted by Crippen LogP contribution is 2.41. The zero-order chi connectivity index (χ0) is 19.8. The lowest BCUT2D eigenvalue weighted by molar-refractivity contribution is 0.0933. The predicted octanol–water partition coefficient (Wildman–Crippen LogP) is 5.02. The number of pyridine rings is 1. The molecule has 0 aliphatic heterocycles. The first-order valence-electron chi connectivity index (χ1n) is 10.2. The number of nitrogens with zero attached hydrogens (tertiary/aromatic N) is 3. The molecule has 0 radical (unpaired) electrons. The zero-order valence-corrected chi connectivity index (χ0v) is 17.0. The average Bonchev–Trinajstić information content (AvgIpc) is 3.43. The van der Waals surface area contributed by atoms with Gasteiger partial charge in [0.05, 0.1) is 23.2 Å². The Kier molecular flexibility index (Phi) is 4.92. The predicted molar refractivity (Wildman–Crippen MR) is 111 cm³/mol. The normalized spacial score (nSPS) is 15.4. The molecule has 1 aliphatic rings. The Morgan fingerprint density at radius 1 is 1.14 bits per heavy atom. The molecule has 1 saturated carbocycles. The Hall–Kier alpha value is -2.69. The van der Waals surface area contributed by atoms with Crippen LogP contribution >= 0.6 is 0 Å². The maximum atomic E-state index is 13.4. The van der Waals surface area contributed by atoms with Gasteiger partial charge in [-0.25, -0.2) is 9.67 Å². The Morgan fingerprint density at radius 3 is 2.46 bits per heavy atom. The minimum Gasteiger partial charge on any atom is -0.345 e. The molecule has 1 aliphatic carbocycles. The fourth-order valence-electron chi connectivity index (χ4n) is 3.68. The van der Waals surface area contributed by atoms with Crippen LogP contribution in [0, 0.1) is 5.92 Å². The van der Waals surface area contributed by atoms with E-state index in [0.717, 1.165) is 29.6 Å². The van der Waals surface area contributed by atoms with Crippen LogP contribution in [0.25, 0.3) is 11.0 Å². The van der Waals surface area contributed by atoms with Gasteiger partial charge in [-0.1, -0.05) is 44.2 Å². The van der Waals surface area contributed by atoms with E-state index in [1.54, 1.807) is 6.20 Å². The summed E-state index contributed by atoms with van der Waals surface area (Å²) in [4.78, 5) is 18.2. The molecule has 5 heteroatoms. The van der Waals surface area contributed by atoms with Gasteiger partial charge in [0.25, 0.3) is 5.91 Å². The number of aromatic nitrogens is 3. The lowest BCUT2D eigenvalue weighted by Gasteiger charge is -2.20. The molecule has 1 aromatic carbocycles. The van der Waals surface area contributed by atoms with Gasteiger partial charge in [-0.15, -0.1) is 0 Å². The smallest absolute Gasteiger partial charge is 0.252 e. The summed E-state index contributed by atoms with van der Waals surface area (Å²) in [6.07, 6.45) is 4.10. The van der Waals surface area contributed by atoms with Gasteiger partial charge >= 0.3 is 0 Å². The summed E-state index contributed by atoms with van der Waals surface area (Å²) in [7, 11) is 0. The molecular formula is C23H28N4O. The maximum Gasteiger partial charge on any atom is 0.252 e. The van der Waals surface area contributed by atoms with Gasteiger partial charge in [0.15, 0.2) is 5.65 Å². The SMILES string of the molecule is CC(C)c1cc(C(=O)NC(c2ccccc2)C2CC2)c2cnn(C(C)C)c2n1. The second-order valence-corrected chi connectivity index (χ2v) is 8.37. The Balaban J connectivity index is 1.74. The number of nitrogens with one attached hydrogen (secondary N) is 1. The van der Waals surface area contributed by atoms with Crippen molar-refractivity contribution in [2.24, 2.45) is 5.92 Å². The van der Waals surface area contributed by atoms with E-state index in [4.69, 9.17) is 4.98 Å². The third kappa shape index (κ3) is 3.53. The molecule has 146 valence electrons. The number of hydrogen-bond donors (Lipinski definition) is 1. The van der Waals surface area contributed by atoms with Gasteiger partial charge in [-0.05, 0) is 50.2 Å². The molecule has 0 spiro atoms. The summed E-state index contributed by atoms with van der Waals surface area (Å²) < 4.78 is 1.90. The highest BCUT2D eigenvalue weighted by atomic mass is 16.1. The highest BCUT2D eigenvalue weighted by Gasteiger charge is 2.34. The van der Waals surface area contributed by atoms with E-state index >= 15 is 0 Å².